The van der Waals surface area contributed by atoms with Crippen LogP contribution in [0.25, 0.3) is 11.8 Å². The van der Waals surface area contributed by atoms with Gasteiger partial charge in [-0.2, -0.15) is 5.26 Å². The number of nitriles is 1. The van der Waals surface area contributed by atoms with Crippen molar-refractivity contribution in [3.05, 3.63) is 87.2 Å². The number of hydrogen-bond donors (Lipinski definition) is 1. The van der Waals surface area contributed by atoms with Crippen molar-refractivity contribution in [3.63, 3.8) is 0 Å². The van der Waals surface area contributed by atoms with E-state index in [2.05, 4.69) is 9.88 Å². The summed E-state index contributed by atoms with van der Waals surface area (Å²) in [5, 5.41) is 23.2. The van der Waals surface area contributed by atoms with E-state index in [1.165, 1.54) is 23.9 Å². The SMILES string of the molecule is Cc1cc(C=C(C#N)C(=O)NCC2CCCO2)c(C)n1-c1ccc(Sc2ccc([N+](=O)[O-])cc2)cc1. The Labute approximate surface area is 213 Å². The normalized spacial score (nSPS) is 15.5. The summed E-state index contributed by atoms with van der Waals surface area (Å²) >= 11 is 1.52. The fraction of sp³-hybridized carbons (Fsp3) is 0.259. The monoisotopic (exact) mass is 502 g/mol. The van der Waals surface area contributed by atoms with Gasteiger partial charge in [0.2, 0.25) is 0 Å². The number of nitro benzene ring substituents is 1. The number of ether oxygens (including phenoxy) is 1. The summed E-state index contributed by atoms with van der Waals surface area (Å²) in [7, 11) is 0. The molecule has 2 aromatic carbocycles. The molecule has 1 atom stereocenters. The highest BCUT2D eigenvalue weighted by atomic mass is 32.2. The van der Waals surface area contributed by atoms with Gasteiger partial charge in [0, 0.05) is 52.2 Å². The zero-order valence-electron chi connectivity index (χ0n) is 20.1. The number of nitrogens with one attached hydrogen (secondary N) is 1. The standard InChI is InChI=1S/C27H26N4O4S/c1-18-14-20(15-21(16-28)27(32)29-17-24-4-3-13-35-24)19(2)30(18)22-5-9-25(10-6-22)36-26-11-7-23(8-12-26)31(33)34/h5-12,14-15,24H,3-4,13,17H2,1-2H3,(H,29,32). The summed E-state index contributed by atoms with van der Waals surface area (Å²) in [6.45, 7) is 5.05. The van der Waals surface area contributed by atoms with Crippen LogP contribution in [-0.4, -0.2) is 34.7 Å². The third kappa shape index (κ3) is 5.85. The average molecular weight is 503 g/mol. The lowest BCUT2D eigenvalue weighted by Crippen LogP contribution is -2.32. The van der Waals surface area contributed by atoms with Crippen molar-refractivity contribution in [3.8, 4) is 11.8 Å². The molecule has 1 N–H and O–H groups in total. The van der Waals surface area contributed by atoms with Crippen LogP contribution >= 0.6 is 11.8 Å². The molecule has 1 aliphatic rings. The van der Waals surface area contributed by atoms with Crippen molar-refractivity contribution in [1.29, 1.82) is 5.26 Å². The molecule has 8 nitrogen and oxygen atoms in total. The summed E-state index contributed by atoms with van der Waals surface area (Å²) < 4.78 is 7.61. The molecule has 4 rings (SSSR count). The fourth-order valence-electron chi connectivity index (χ4n) is 4.18. The van der Waals surface area contributed by atoms with E-state index in [-0.39, 0.29) is 17.4 Å². The lowest BCUT2D eigenvalue weighted by molar-refractivity contribution is -0.384. The van der Waals surface area contributed by atoms with Crippen molar-refractivity contribution >= 4 is 29.4 Å². The summed E-state index contributed by atoms with van der Waals surface area (Å²) in [6, 6.07) is 18.4. The second-order valence-corrected chi connectivity index (χ2v) is 9.67. The van der Waals surface area contributed by atoms with Crippen molar-refractivity contribution < 1.29 is 14.5 Å². The Balaban J connectivity index is 1.48. The molecule has 0 bridgehead atoms. The van der Waals surface area contributed by atoms with Gasteiger partial charge in [0.15, 0.2) is 0 Å². The third-order valence-electron chi connectivity index (χ3n) is 6.03. The van der Waals surface area contributed by atoms with Crippen LogP contribution in [-0.2, 0) is 9.53 Å². The molecular formula is C27H26N4O4S. The molecule has 9 heteroatoms. The van der Waals surface area contributed by atoms with Gasteiger partial charge in [-0.1, -0.05) is 11.8 Å². The first-order chi connectivity index (χ1) is 17.4. The number of aromatic nitrogens is 1. The van der Waals surface area contributed by atoms with E-state index >= 15 is 0 Å². The van der Waals surface area contributed by atoms with Crippen LogP contribution in [0.2, 0.25) is 0 Å². The molecule has 0 saturated carbocycles. The molecule has 36 heavy (non-hydrogen) atoms. The van der Waals surface area contributed by atoms with Gasteiger partial charge in [0.1, 0.15) is 11.6 Å². The van der Waals surface area contributed by atoms with Gasteiger partial charge in [-0.15, -0.1) is 0 Å². The molecule has 0 aliphatic carbocycles. The number of nitrogens with zero attached hydrogens (tertiary/aromatic N) is 3. The minimum atomic E-state index is -0.411. The smallest absolute Gasteiger partial charge is 0.269 e. The summed E-state index contributed by atoms with van der Waals surface area (Å²) in [5.74, 6) is -0.398. The number of rotatable bonds is 8. The van der Waals surface area contributed by atoms with Gasteiger partial charge in [-0.25, -0.2) is 0 Å². The van der Waals surface area contributed by atoms with Gasteiger partial charge in [0.25, 0.3) is 11.6 Å². The first-order valence-corrected chi connectivity index (χ1v) is 12.4. The van der Waals surface area contributed by atoms with Crippen LogP contribution in [0.3, 0.4) is 0 Å². The highest BCUT2D eigenvalue weighted by Crippen LogP contribution is 2.30. The van der Waals surface area contributed by atoms with Gasteiger partial charge in [0.05, 0.1) is 11.0 Å². The Morgan fingerprint density at radius 3 is 2.47 bits per heavy atom. The fourth-order valence-corrected chi connectivity index (χ4v) is 4.99. The van der Waals surface area contributed by atoms with Crippen molar-refractivity contribution in [2.45, 2.75) is 42.6 Å². The van der Waals surface area contributed by atoms with E-state index < -0.39 is 10.8 Å². The van der Waals surface area contributed by atoms with Crippen LogP contribution in [0, 0.1) is 35.3 Å². The number of carbonyl (C=O) groups is 1. The quantitative estimate of drug-likeness (QED) is 0.192. The Hall–Kier alpha value is -3.87. The largest absolute Gasteiger partial charge is 0.376 e. The maximum absolute atomic E-state index is 12.5. The number of benzene rings is 2. The number of aryl methyl sites for hydroxylation is 1. The van der Waals surface area contributed by atoms with E-state index in [1.807, 2.05) is 50.2 Å². The second-order valence-electron chi connectivity index (χ2n) is 8.52. The van der Waals surface area contributed by atoms with Crippen molar-refractivity contribution in [1.82, 2.24) is 9.88 Å². The second kappa shape index (κ2) is 11.2. The Kier molecular flexibility index (Phi) is 7.88. The maximum atomic E-state index is 12.5. The van der Waals surface area contributed by atoms with Crippen LogP contribution in [0.15, 0.2) is 70.0 Å². The van der Waals surface area contributed by atoms with E-state index in [0.717, 1.165) is 45.3 Å². The van der Waals surface area contributed by atoms with E-state index in [1.54, 1.807) is 18.2 Å². The van der Waals surface area contributed by atoms with Gasteiger partial charge in [-0.3, -0.25) is 14.9 Å². The van der Waals surface area contributed by atoms with Crippen LogP contribution in [0.1, 0.15) is 29.8 Å². The molecule has 1 saturated heterocycles. The molecule has 1 amide bonds. The molecule has 1 fully saturated rings. The van der Waals surface area contributed by atoms with Gasteiger partial charge < -0.3 is 14.6 Å². The molecule has 0 radical (unpaired) electrons. The minimum absolute atomic E-state index is 0.0144. The molecule has 1 aromatic heterocycles. The summed E-state index contributed by atoms with van der Waals surface area (Å²) in [4.78, 5) is 24.9. The Morgan fingerprint density at radius 2 is 1.89 bits per heavy atom. The number of amides is 1. The van der Waals surface area contributed by atoms with Gasteiger partial charge in [-0.05, 0) is 80.8 Å². The number of hydrogen-bond acceptors (Lipinski definition) is 6. The summed E-state index contributed by atoms with van der Waals surface area (Å²) in [5.41, 5.74) is 3.79. The highest BCUT2D eigenvalue weighted by molar-refractivity contribution is 7.99. The highest BCUT2D eigenvalue weighted by Gasteiger charge is 2.18. The average Bonchev–Trinajstić information content (AvgIpc) is 3.49. The topological polar surface area (TPSA) is 110 Å². The molecule has 3 aromatic rings. The predicted octanol–water partition coefficient (Wildman–Crippen LogP) is 5.36. The van der Waals surface area contributed by atoms with Crippen molar-refractivity contribution in [2.24, 2.45) is 0 Å². The predicted molar refractivity (Wildman–Crippen MR) is 138 cm³/mol. The zero-order chi connectivity index (χ0) is 25.7. The number of carbonyl (C=O) groups excluding carboxylic acids is 1. The number of nitro groups is 1. The number of non-ortho nitro benzene ring substituents is 1. The van der Waals surface area contributed by atoms with Crippen molar-refractivity contribution in [2.75, 3.05) is 13.2 Å². The van der Waals surface area contributed by atoms with E-state index in [0.29, 0.717) is 13.2 Å². The Bertz CT molecular complexity index is 1330. The maximum Gasteiger partial charge on any atom is 0.269 e. The van der Waals surface area contributed by atoms with Crippen LogP contribution < -0.4 is 5.32 Å². The van der Waals surface area contributed by atoms with E-state index in [4.69, 9.17) is 4.74 Å². The first-order valence-electron chi connectivity index (χ1n) is 11.6. The van der Waals surface area contributed by atoms with Crippen LogP contribution in [0.4, 0.5) is 5.69 Å². The molecule has 2 heterocycles. The molecule has 184 valence electrons. The molecular weight excluding hydrogens is 476 g/mol. The Morgan fingerprint density at radius 1 is 1.22 bits per heavy atom. The zero-order valence-corrected chi connectivity index (χ0v) is 20.9. The third-order valence-corrected chi connectivity index (χ3v) is 7.04. The first kappa shape index (κ1) is 25.2. The van der Waals surface area contributed by atoms with Gasteiger partial charge >= 0.3 is 0 Å². The lowest BCUT2D eigenvalue weighted by atomic mass is 10.1. The lowest BCUT2D eigenvalue weighted by Gasteiger charge is -2.11. The van der Waals surface area contributed by atoms with E-state index in [9.17, 15) is 20.2 Å². The summed E-state index contributed by atoms with van der Waals surface area (Å²) in [6.07, 6.45) is 3.55. The van der Waals surface area contributed by atoms with Crippen LogP contribution in [0.5, 0.6) is 0 Å². The molecule has 1 aliphatic heterocycles. The minimum Gasteiger partial charge on any atom is -0.376 e. The molecule has 1 unspecified atom stereocenters. The molecule has 0 spiro atoms.